The molecule has 1 aromatic carbocycles. The molecule has 3 aromatic rings. The number of aromatic nitrogens is 3. The van der Waals surface area contributed by atoms with Crippen molar-refractivity contribution in [2.75, 3.05) is 26.5 Å². The number of anilines is 2. The summed E-state index contributed by atoms with van der Waals surface area (Å²) >= 11 is 0. The topological polar surface area (TPSA) is 71.8 Å². The molecule has 2 aromatic heterocycles. The number of ether oxygens (including phenoxy) is 1. The van der Waals surface area contributed by atoms with Crippen LogP contribution in [0.1, 0.15) is 15.9 Å². The molecule has 1 N–H and O–H groups in total. The molecule has 0 aliphatic heterocycles. The molecule has 7 nitrogen and oxygen atoms in total. The standard InChI is InChI=1S/C17H19N5O2/c1-11-5-8-15-19-17(20-22(15)10-11)18-13-7-6-12(9-14(13)24-4)16(23)21(2)3/h5-10H,1-4H3,(H,18,20). The fraction of sp³-hybridized carbons (Fsp3) is 0.235. The van der Waals surface area contributed by atoms with Gasteiger partial charge < -0.3 is 15.0 Å². The Morgan fingerprint density at radius 2 is 2.04 bits per heavy atom. The molecule has 0 atom stereocenters. The second-order valence-electron chi connectivity index (χ2n) is 5.68. The molecule has 0 bridgehead atoms. The number of rotatable bonds is 4. The van der Waals surface area contributed by atoms with Crippen LogP contribution in [0.4, 0.5) is 11.6 Å². The summed E-state index contributed by atoms with van der Waals surface area (Å²) < 4.78 is 7.10. The van der Waals surface area contributed by atoms with Crippen molar-refractivity contribution in [1.29, 1.82) is 0 Å². The molecule has 0 unspecified atom stereocenters. The van der Waals surface area contributed by atoms with E-state index in [0.717, 1.165) is 11.2 Å². The van der Waals surface area contributed by atoms with Crippen LogP contribution in [-0.2, 0) is 0 Å². The Hall–Kier alpha value is -3.09. The maximum absolute atomic E-state index is 12.1. The number of nitrogens with one attached hydrogen (secondary N) is 1. The number of nitrogens with zero attached hydrogens (tertiary/aromatic N) is 4. The summed E-state index contributed by atoms with van der Waals surface area (Å²) in [5, 5.41) is 7.53. The maximum Gasteiger partial charge on any atom is 0.253 e. The maximum atomic E-state index is 12.1. The van der Waals surface area contributed by atoms with Crippen LogP contribution >= 0.6 is 0 Å². The zero-order chi connectivity index (χ0) is 17.3. The number of pyridine rings is 1. The first-order valence-electron chi connectivity index (χ1n) is 7.47. The van der Waals surface area contributed by atoms with Crippen molar-refractivity contribution >= 4 is 23.2 Å². The molecule has 7 heteroatoms. The van der Waals surface area contributed by atoms with Crippen molar-refractivity contribution in [2.45, 2.75) is 6.92 Å². The Morgan fingerprint density at radius 1 is 1.25 bits per heavy atom. The van der Waals surface area contributed by atoms with Crippen LogP contribution in [-0.4, -0.2) is 46.6 Å². The van der Waals surface area contributed by atoms with Crippen molar-refractivity contribution in [3.63, 3.8) is 0 Å². The van der Waals surface area contributed by atoms with Gasteiger partial charge in [0.15, 0.2) is 5.65 Å². The first-order chi connectivity index (χ1) is 11.5. The van der Waals surface area contributed by atoms with Gasteiger partial charge in [0.2, 0.25) is 5.95 Å². The zero-order valence-corrected chi connectivity index (χ0v) is 14.1. The third-order valence-corrected chi connectivity index (χ3v) is 3.58. The van der Waals surface area contributed by atoms with Gasteiger partial charge >= 0.3 is 0 Å². The normalized spacial score (nSPS) is 10.7. The van der Waals surface area contributed by atoms with Gasteiger partial charge in [-0.15, -0.1) is 5.10 Å². The summed E-state index contributed by atoms with van der Waals surface area (Å²) in [7, 11) is 4.98. The first kappa shape index (κ1) is 15.8. The highest BCUT2D eigenvalue weighted by Gasteiger charge is 2.13. The highest BCUT2D eigenvalue weighted by molar-refractivity contribution is 5.95. The summed E-state index contributed by atoms with van der Waals surface area (Å²) in [4.78, 5) is 18.0. The van der Waals surface area contributed by atoms with E-state index < -0.39 is 0 Å². The van der Waals surface area contributed by atoms with Crippen LogP contribution in [0.15, 0.2) is 36.5 Å². The average Bonchev–Trinajstić information content (AvgIpc) is 2.95. The molecule has 0 saturated carbocycles. The lowest BCUT2D eigenvalue weighted by molar-refractivity contribution is 0.0827. The molecule has 1 amide bonds. The van der Waals surface area contributed by atoms with Gasteiger partial charge in [0.05, 0.1) is 12.8 Å². The lowest BCUT2D eigenvalue weighted by atomic mass is 10.1. The molecule has 24 heavy (non-hydrogen) atoms. The van der Waals surface area contributed by atoms with Crippen LogP contribution in [0.5, 0.6) is 5.75 Å². The minimum atomic E-state index is -0.0822. The molecule has 0 aliphatic rings. The molecule has 124 valence electrons. The van der Waals surface area contributed by atoms with Gasteiger partial charge in [-0.3, -0.25) is 4.79 Å². The fourth-order valence-corrected chi connectivity index (χ4v) is 2.35. The minimum absolute atomic E-state index is 0.0822. The Bertz CT molecular complexity index is 901. The summed E-state index contributed by atoms with van der Waals surface area (Å²) in [5.74, 6) is 0.935. The summed E-state index contributed by atoms with van der Waals surface area (Å²) in [6.07, 6.45) is 1.91. The van der Waals surface area contributed by atoms with Crippen molar-refractivity contribution in [3.05, 3.63) is 47.7 Å². The lowest BCUT2D eigenvalue weighted by Crippen LogP contribution is -2.21. The van der Waals surface area contributed by atoms with Gasteiger partial charge in [-0.25, -0.2) is 4.52 Å². The van der Waals surface area contributed by atoms with E-state index in [1.54, 1.807) is 43.9 Å². The second-order valence-corrected chi connectivity index (χ2v) is 5.68. The van der Waals surface area contributed by atoms with Crippen LogP contribution in [0.25, 0.3) is 5.65 Å². The SMILES string of the molecule is COc1cc(C(=O)N(C)C)ccc1Nc1nc2ccc(C)cn2n1. The van der Waals surface area contributed by atoms with Crippen LogP contribution in [0.2, 0.25) is 0 Å². The van der Waals surface area contributed by atoms with Crippen molar-refractivity contribution in [2.24, 2.45) is 0 Å². The van der Waals surface area contributed by atoms with Gasteiger partial charge in [-0.1, -0.05) is 6.07 Å². The number of aryl methyl sites for hydroxylation is 1. The smallest absolute Gasteiger partial charge is 0.253 e. The van der Waals surface area contributed by atoms with E-state index in [1.165, 1.54) is 4.90 Å². The number of fused-ring (bicyclic) bond motifs is 1. The highest BCUT2D eigenvalue weighted by atomic mass is 16.5. The van der Waals surface area contributed by atoms with Gasteiger partial charge in [-0.2, -0.15) is 4.98 Å². The van der Waals surface area contributed by atoms with Gasteiger partial charge in [0.1, 0.15) is 5.75 Å². The molecular formula is C17H19N5O2. The Kier molecular flexibility index (Phi) is 4.07. The van der Waals surface area contributed by atoms with E-state index in [2.05, 4.69) is 15.4 Å². The van der Waals surface area contributed by atoms with Crippen molar-refractivity contribution < 1.29 is 9.53 Å². The van der Waals surface area contributed by atoms with E-state index in [4.69, 9.17) is 4.74 Å². The molecule has 0 aliphatic carbocycles. The first-order valence-corrected chi connectivity index (χ1v) is 7.47. The van der Waals surface area contributed by atoms with E-state index in [0.29, 0.717) is 22.9 Å². The molecule has 3 rings (SSSR count). The Balaban J connectivity index is 1.92. The molecule has 0 spiro atoms. The number of carbonyl (C=O) groups is 1. The Labute approximate surface area is 139 Å². The zero-order valence-electron chi connectivity index (χ0n) is 14.1. The molecule has 2 heterocycles. The van der Waals surface area contributed by atoms with E-state index >= 15 is 0 Å². The predicted octanol–water partition coefficient (Wildman–Crippen LogP) is 2.49. The van der Waals surface area contributed by atoms with E-state index in [9.17, 15) is 4.79 Å². The van der Waals surface area contributed by atoms with Gasteiger partial charge in [0.25, 0.3) is 5.91 Å². The number of benzene rings is 1. The number of methoxy groups -OCH3 is 1. The van der Waals surface area contributed by atoms with E-state index in [1.807, 2.05) is 25.3 Å². The largest absolute Gasteiger partial charge is 0.495 e. The average molecular weight is 325 g/mol. The number of amides is 1. The van der Waals surface area contributed by atoms with Crippen molar-refractivity contribution in [1.82, 2.24) is 19.5 Å². The molecule has 0 fully saturated rings. The van der Waals surface area contributed by atoms with Crippen LogP contribution in [0, 0.1) is 6.92 Å². The predicted molar refractivity (Wildman–Crippen MR) is 92.0 cm³/mol. The highest BCUT2D eigenvalue weighted by Crippen LogP contribution is 2.28. The number of hydrogen-bond donors (Lipinski definition) is 1. The van der Waals surface area contributed by atoms with Crippen molar-refractivity contribution in [3.8, 4) is 5.75 Å². The number of carbonyl (C=O) groups excluding carboxylic acids is 1. The summed E-state index contributed by atoms with van der Waals surface area (Å²) in [6, 6.07) is 9.11. The molecule has 0 radical (unpaired) electrons. The fourth-order valence-electron chi connectivity index (χ4n) is 2.35. The lowest BCUT2D eigenvalue weighted by Gasteiger charge is -2.13. The molecular weight excluding hydrogens is 306 g/mol. The Morgan fingerprint density at radius 3 is 2.75 bits per heavy atom. The molecule has 0 saturated heterocycles. The number of hydrogen-bond acceptors (Lipinski definition) is 5. The second kappa shape index (κ2) is 6.19. The van der Waals surface area contributed by atoms with Gasteiger partial charge in [-0.05, 0) is 36.8 Å². The van der Waals surface area contributed by atoms with Gasteiger partial charge in [0, 0.05) is 25.9 Å². The third-order valence-electron chi connectivity index (χ3n) is 3.58. The van der Waals surface area contributed by atoms with Crippen LogP contribution in [0.3, 0.4) is 0 Å². The van der Waals surface area contributed by atoms with Crippen LogP contribution < -0.4 is 10.1 Å². The monoisotopic (exact) mass is 325 g/mol. The third kappa shape index (κ3) is 3.01. The van der Waals surface area contributed by atoms with E-state index in [-0.39, 0.29) is 5.91 Å². The minimum Gasteiger partial charge on any atom is -0.495 e. The summed E-state index contributed by atoms with van der Waals surface area (Å²) in [5.41, 5.74) is 3.10. The summed E-state index contributed by atoms with van der Waals surface area (Å²) in [6.45, 7) is 2.00. The quantitative estimate of drug-likeness (QED) is 0.798.